The summed E-state index contributed by atoms with van der Waals surface area (Å²) in [6.45, 7) is 2.39. The highest BCUT2D eigenvalue weighted by Crippen LogP contribution is 2.11. The van der Waals surface area contributed by atoms with E-state index in [-0.39, 0.29) is 6.10 Å². The Balaban J connectivity index is 2.13. The van der Waals surface area contributed by atoms with Gasteiger partial charge in [-0.2, -0.15) is 0 Å². The molecule has 0 aliphatic carbocycles. The number of rotatable bonds is 9. The number of nitrogens with two attached hydrogens (primary N) is 1. The lowest BCUT2D eigenvalue weighted by Gasteiger charge is -2.15. The summed E-state index contributed by atoms with van der Waals surface area (Å²) in [5, 5.41) is 3.37. The Labute approximate surface area is 109 Å². The number of hydrogen-bond acceptors (Lipinski definition) is 4. The van der Waals surface area contributed by atoms with E-state index < -0.39 is 0 Å². The van der Waals surface area contributed by atoms with E-state index in [0.29, 0.717) is 6.61 Å². The van der Waals surface area contributed by atoms with Crippen LogP contribution in [0, 0.1) is 0 Å². The molecule has 0 saturated heterocycles. The third-order valence-corrected chi connectivity index (χ3v) is 2.91. The van der Waals surface area contributed by atoms with Crippen LogP contribution in [-0.4, -0.2) is 40.0 Å². The van der Waals surface area contributed by atoms with Crippen molar-refractivity contribution in [3.8, 4) is 0 Å². The minimum atomic E-state index is 0.122. The molecule has 0 amide bonds. The minimum Gasteiger partial charge on any atom is -0.399 e. The molecule has 3 N–H and O–H groups in total. The van der Waals surface area contributed by atoms with Gasteiger partial charge in [0.2, 0.25) is 0 Å². The summed E-state index contributed by atoms with van der Waals surface area (Å²) >= 11 is 0. The standard InChI is InChI=1S/C14H24N2O2/c1-17-11-13(18-2)10-16-9-5-7-12-6-3-4-8-14(12)15/h3-4,6,8,13,16H,5,7,9-11,15H2,1-2H3. The maximum Gasteiger partial charge on any atom is 0.0928 e. The maximum atomic E-state index is 5.89. The second-order valence-electron chi connectivity index (χ2n) is 4.32. The number of nitrogen functional groups attached to an aromatic ring is 1. The highest BCUT2D eigenvalue weighted by molar-refractivity contribution is 5.46. The van der Waals surface area contributed by atoms with Gasteiger partial charge in [0.25, 0.3) is 0 Å². The third kappa shape index (κ3) is 5.49. The van der Waals surface area contributed by atoms with Gasteiger partial charge in [-0.05, 0) is 31.0 Å². The van der Waals surface area contributed by atoms with Gasteiger partial charge in [-0.3, -0.25) is 0 Å². The molecule has 0 heterocycles. The molecule has 0 aromatic heterocycles. The van der Waals surface area contributed by atoms with Crippen LogP contribution in [0.25, 0.3) is 0 Å². The van der Waals surface area contributed by atoms with Crippen molar-refractivity contribution in [1.82, 2.24) is 5.32 Å². The lowest BCUT2D eigenvalue weighted by Crippen LogP contribution is -2.32. The molecular formula is C14H24N2O2. The number of ether oxygens (including phenoxy) is 2. The molecule has 0 spiro atoms. The van der Waals surface area contributed by atoms with Crippen LogP contribution in [0.15, 0.2) is 24.3 Å². The van der Waals surface area contributed by atoms with E-state index in [1.54, 1.807) is 14.2 Å². The van der Waals surface area contributed by atoms with Gasteiger partial charge in [-0.1, -0.05) is 18.2 Å². The smallest absolute Gasteiger partial charge is 0.0928 e. The summed E-state index contributed by atoms with van der Waals surface area (Å²) in [6, 6.07) is 8.02. The van der Waals surface area contributed by atoms with Crippen molar-refractivity contribution in [2.45, 2.75) is 18.9 Å². The zero-order valence-corrected chi connectivity index (χ0v) is 11.3. The molecule has 0 bridgehead atoms. The van der Waals surface area contributed by atoms with E-state index in [0.717, 1.165) is 31.6 Å². The highest BCUT2D eigenvalue weighted by atomic mass is 16.5. The van der Waals surface area contributed by atoms with Crippen LogP contribution in [0.1, 0.15) is 12.0 Å². The first-order valence-corrected chi connectivity index (χ1v) is 6.33. The van der Waals surface area contributed by atoms with E-state index in [1.807, 2.05) is 18.2 Å². The van der Waals surface area contributed by atoms with E-state index >= 15 is 0 Å². The van der Waals surface area contributed by atoms with E-state index in [9.17, 15) is 0 Å². The lowest BCUT2D eigenvalue weighted by atomic mass is 10.1. The van der Waals surface area contributed by atoms with Crippen LogP contribution in [0.3, 0.4) is 0 Å². The summed E-state index contributed by atoms with van der Waals surface area (Å²) in [4.78, 5) is 0. The van der Waals surface area contributed by atoms with E-state index in [4.69, 9.17) is 15.2 Å². The van der Waals surface area contributed by atoms with Crippen LogP contribution in [0.2, 0.25) is 0 Å². The van der Waals surface area contributed by atoms with Gasteiger partial charge in [-0.15, -0.1) is 0 Å². The highest BCUT2D eigenvalue weighted by Gasteiger charge is 2.05. The topological polar surface area (TPSA) is 56.5 Å². The summed E-state index contributed by atoms with van der Waals surface area (Å²) in [6.07, 6.45) is 2.19. The quantitative estimate of drug-likeness (QED) is 0.516. The summed E-state index contributed by atoms with van der Waals surface area (Å²) in [5.41, 5.74) is 7.99. The fraction of sp³-hybridized carbons (Fsp3) is 0.571. The normalized spacial score (nSPS) is 12.6. The molecule has 4 nitrogen and oxygen atoms in total. The summed E-state index contributed by atoms with van der Waals surface area (Å²) in [5.74, 6) is 0. The summed E-state index contributed by atoms with van der Waals surface area (Å²) in [7, 11) is 3.39. The number of nitrogens with one attached hydrogen (secondary N) is 1. The SMILES string of the molecule is COCC(CNCCCc1ccccc1N)OC. The van der Waals surface area contributed by atoms with Gasteiger partial charge < -0.3 is 20.5 Å². The maximum absolute atomic E-state index is 5.89. The van der Waals surface area contributed by atoms with Gasteiger partial charge in [0, 0.05) is 26.5 Å². The molecule has 0 saturated carbocycles. The molecule has 0 fully saturated rings. The molecule has 1 aromatic carbocycles. The van der Waals surface area contributed by atoms with Gasteiger partial charge in [0.05, 0.1) is 12.7 Å². The van der Waals surface area contributed by atoms with Crippen LogP contribution in [0.4, 0.5) is 5.69 Å². The van der Waals surface area contributed by atoms with Crippen molar-refractivity contribution in [3.05, 3.63) is 29.8 Å². The number of benzene rings is 1. The van der Waals surface area contributed by atoms with Crippen molar-refractivity contribution in [3.63, 3.8) is 0 Å². The van der Waals surface area contributed by atoms with Crippen LogP contribution in [0.5, 0.6) is 0 Å². The van der Waals surface area contributed by atoms with E-state index in [2.05, 4.69) is 11.4 Å². The first-order chi connectivity index (χ1) is 8.77. The average molecular weight is 252 g/mol. The van der Waals surface area contributed by atoms with Crippen LogP contribution >= 0.6 is 0 Å². The number of methoxy groups -OCH3 is 2. The first-order valence-electron chi connectivity index (χ1n) is 6.33. The van der Waals surface area contributed by atoms with Crippen LogP contribution < -0.4 is 11.1 Å². The van der Waals surface area contributed by atoms with Gasteiger partial charge in [0.1, 0.15) is 0 Å². The van der Waals surface area contributed by atoms with Crippen molar-refractivity contribution in [2.24, 2.45) is 0 Å². The van der Waals surface area contributed by atoms with Gasteiger partial charge in [0.15, 0.2) is 0 Å². The monoisotopic (exact) mass is 252 g/mol. The molecule has 0 radical (unpaired) electrons. The van der Waals surface area contributed by atoms with E-state index in [1.165, 1.54) is 5.56 Å². The zero-order valence-electron chi connectivity index (χ0n) is 11.3. The number of para-hydroxylation sites is 1. The largest absolute Gasteiger partial charge is 0.399 e. The Morgan fingerprint density at radius 1 is 1.28 bits per heavy atom. The van der Waals surface area contributed by atoms with Crippen LogP contribution in [-0.2, 0) is 15.9 Å². The predicted octanol–water partition coefficient (Wildman–Crippen LogP) is 1.45. The Morgan fingerprint density at radius 2 is 2.06 bits per heavy atom. The Morgan fingerprint density at radius 3 is 2.72 bits per heavy atom. The fourth-order valence-corrected chi connectivity index (χ4v) is 1.82. The number of anilines is 1. The molecule has 4 heteroatoms. The van der Waals surface area contributed by atoms with Crippen molar-refractivity contribution >= 4 is 5.69 Å². The van der Waals surface area contributed by atoms with Gasteiger partial charge >= 0.3 is 0 Å². The van der Waals surface area contributed by atoms with Crippen molar-refractivity contribution < 1.29 is 9.47 Å². The average Bonchev–Trinajstić information content (AvgIpc) is 2.39. The Bertz CT molecular complexity index is 331. The lowest BCUT2D eigenvalue weighted by molar-refractivity contribution is 0.0290. The summed E-state index contributed by atoms with van der Waals surface area (Å²) < 4.78 is 10.3. The molecule has 1 rings (SSSR count). The molecule has 102 valence electrons. The second-order valence-corrected chi connectivity index (χ2v) is 4.32. The molecule has 1 atom stereocenters. The molecule has 0 aliphatic rings. The minimum absolute atomic E-state index is 0.122. The van der Waals surface area contributed by atoms with Crippen molar-refractivity contribution in [2.75, 3.05) is 39.6 Å². The molecule has 1 unspecified atom stereocenters. The second kappa shape index (κ2) is 8.91. The first kappa shape index (κ1) is 15.0. The van der Waals surface area contributed by atoms with Crippen molar-refractivity contribution in [1.29, 1.82) is 0 Å². The Kier molecular flexibility index (Phi) is 7.41. The zero-order chi connectivity index (χ0) is 13.2. The predicted molar refractivity (Wildman–Crippen MR) is 74.7 cm³/mol. The molecule has 1 aromatic rings. The number of hydrogen-bond donors (Lipinski definition) is 2. The Hall–Kier alpha value is -1.10. The molecule has 0 aliphatic heterocycles. The number of aryl methyl sites for hydroxylation is 1. The third-order valence-electron chi connectivity index (χ3n) is 2.91. The molecular weight excluding hydrogens is 228 g/mol. The fourth-order valence-electron chi connectivity index (χ4n) is 1.82. The molecule has 18 heavy (non-hydrogen) atoms. The van der Waals surface area contributed by atoms with Gasteiger partial charge in [-0.25, -0.2) is 0 Å².